The maximum atomic E-state index is 10.2. The van der Waals surface area contributed by atoms with Gasteiger partial charge in [-0.2, -0.15) is 13.2 Å². The normalized spacial score (nSPS) is 10.0. The van der Waals surface area contributed by atoms with Gasteiger partial charge in [0.05, 0.1) is 6.92 Å². The van der Waals surface area contributed by atoms with Crippen molar-refractivity contribution in [2.24, 2.45) is 0 Å². The summed E-state index contributed by atoms with van der Waals surface area (Å²) >= 11 is 0. The Morgan fingerprint density at radius 3 is 1.17 bits per heavy atom. The van der Waals surface area contributed by atoms with E-state index in [4.69, 9.17) is 0 Å². The number of hydrogen-bond donors (Lipinski definition) is 0. The van der Waals surface area contributed by atoms with Crippen LogP contribution in [0.4, 0.5) is 13.2 Å². The zero-order chi connectivity index (χ0) is 4.50. The molecule has 0 amide bonds. The number of hydrogen-bond acceptors (Lipinski definition) is 0. The number of halogens is 3. The van der Waals surface area contributed by atoms with Crippen LogP contribution in [0, 0.1) is 6.92 Å². The summed E-state index contributed by atoms with van der Waals surface area (Å²) in [6.45, 7) is 1.77. The average Bonchev–Trinajstić information content (AvgIpc) is 0.722. The van der Waals surface area contributed by atoms with Crippen LogP contribution >= 0.6 is 0 Å². The fraction of sp³-hybridized carbons (Fsp3) is 0.500. The summed E-state index contributed by atoms with van der Waals surface area (Å²) in [6.07, 6.45) is -4.25. The van der Waals surface area contributed by atoms with Gasteiger partial charge in [0.2, 0.25) is 0 Å². The molecule has 0 unspecified atom stereocenters. The molecule has 0 aliphatic heterocycles. The van der Waals surface area contributed by atoms with E-state index < -0.39 is 6.18 Å². The predicted octanol–water partition coefficient (Wildman–Crippen LogP) is 0.734. The first-order chi connectivity index (χ1) is 2.00. The number of alkyl halides is 3. The van der Waals surface area contributed by atoms with E-state index in [0.717, 1.165) is 0 Å². The van der Waals surface area contributed by atoms with Gasteiger partial charge in [0.1, 0.15) is 0 Å². The molecule has 0 atom stereocenters. The summed E-state index contributed by atoms with van der Waals surface area (Å²) in [5.41, 5.74) is 0. The van der Waals surface area contributed by atoms with Gasteiger partial charge in [-0.05, 0) is 0 Å². The summed E-state index contributed by atoms with van der Waals surface area (Å²) in [4.78, 5) is 0. The van der Waals surface area contributed by atoms with Crippen molar-refractivity contribution in [3.63, 3.8) is 0 Å². The third-order valence-electron chi connectivity index (χ3n) is 0. The molecule has 0 bridgehead atoms. The molecule has 4 heteroatoms. The minimum absolute atomic E-state index is 0. The zero-order valence-corrected chi connectivity index (χ0v) is 2.34. The average molecular weight is 107 g/mol. The van der Waals surface area contributed by atoms with Gasteiger partial charge in [-0.3, -0.25) is 0 Å². The van der Waals surface area contributed by atoms with Gasteiger partial charge in [-0.25, -0.2) is 0 Å². The predicted molar refractivity (Wildman–Crippen MR) is 18.6 cm³/mol. The Morgan fingerprint density at radius 2 is 1.17 bits per heavy atom. The van der Waals surface area contributed by atoms with Crippen LogP contribution in [0.25, 0.3) is 0 Å². The van der Waals surface area contributed by atoms with Crippen LogP contribution in [0.5, 0.6) is 0 Å². The second-order valence-corrected chi connectivity index (χ2v) is 0.615. The van der Waals surface area contributed by atoms with Crippen molar-refractivity contribution in [2.45, 2.75) is 6.18 Å². The van der Waals surface area contributed by atoms with Crippen LogP contribution in [-0.4, -0.2) is 35.7 Å². The molecule has 0 nitrogen and oxygen atoms in total. The first-order valence-corrected chi connectivity index (χ1v) is 0.921. The molecule has 0 fully saturated rings. The van der Waals surface area contributed by atoms with E-state index in [1.807, 2.05) is 0 Å². The molecule has 0 aromatic carbocycles. The van der Waals surface area contributed by atoms with Crippen molar-refractivity contribution in [3.8, 4) is 0 Å². The van der Waals surface area contributed by atoms with Crippen LogP contribution < -0.4 is 0 Å². The van der Waals surface area contributed by atoms with Crippen molar-refractivity contribution in [2.75, 3.05) is 0 Å². The molecule has 0 aromatic heterocycles. The third kappa shape index (κ3) is 110. The first kappa shape index (κ1) is 9.92. The summed E-state index contributed by atoms with van der Waals surface area (Å²) in [5.74, 6) is 0. The van der Waals surface area contributed by atoms with Crippen LogP contribution in [0.1, 0.15) is 0 Å². The fourth-order valence-corrected chi connectivity index (χ4v) is 0. The SMILES string of the molecule is [CH2]C(F)(F)F.[NaH]. The van der Waals surface area contributed by atoms with Crippen molar-refractivity contribution < 1.29 is 13.2 Å². The molecule has 0 saturated heterocycles. The molecule has 0 aliphatic carbocycles. The van der Waals surface area contributed by atoms with Crippen LogP contribution in [0.2, 0.25) is 0 Å². The molecule has 0 aliphatic rings. The Morgan fingerprint density at radius 1 is 1.17 bits per heavy atom. The molecule has 0 rings (SSSR count). The Bertz CT molecular complexity index is 24.3. The molecule has 6 heavy (non-hydrogen) atoms. The van der Waals surface area contributed by atoms with Crippen molar-refractivity contribution >= 4 is 29.6 Å². The van der Waals surface area contributed by atoms with Crippen LogP contribution in [0.3, 0.4) is 0 Å². The molecule has 0 saturated carbocycles. The summed E-state index contributed by atoms with van der Waals surface area (Å²) in [6, 6.07) is 0. The minimum atomic E-state index is -4.25. The maximum absolute atomic E-state index is 10.2. The summed E-state index contributed by atoms with van der Waals surface area (Å²) in [7, 11) is 0. The summed E-state index contributed by atoms with van der Waals surface area (Å²) in [5, 5.41) is 0. The Balaban J connectivity index is 0. The molecule has 1 radical (unpaired) electrons. The van der Waals surface area contributed by atoms with Gasteiger partial charge in [0.15, 0.2) is 0 Å². The van der Waals surface area contributed by atoms with Gasteiger partial charge in [-0.15, -0.1) is 0 Å². The molecule has 0 spiro atoms. The molecule has 0 aromatic rings. The molecular weight excluding hydrogens is 104 g/mol. The Hall–Kier alpha value is 0.790. The van der Waals surface area contributed by atoms with E-state index in [2.05, 4.69) is 0 Å². The third-order valence-corrected chi connectivity index (χ3v) is 0. The van der Waals surface area contributed by atoms with Crippen LogP contribution in [0.15, 0.2) is 0 Å². The Kier molecular flexibility index (Phi) is 4.76. The summed E-state index contributed by atoms with van der Waals surface area (Å²) < 4.78 is 30.7. The second-order valence-electron chi connectivity index (χ2n) is 0.615. The molecule has 0 heterocycles. The first-order valence-electron chi connectivity index (χ1n) is 0.921. The van der Waals surface area contributed by atoms with Gasteiger partial charge in [0, 0.05) is 0 Å². The van der Waals surface area contributed by atoms with E-state index in [1.165, 1.54) is 0 Å². The van der Waals surface area contributed by atoms with Gasteiger partial charge >= 0.3 is 35.7 Å². The van der Waals surface area contributed by atoms with Gasteiger partial charge in [-0.1, -0.05) is 0 Å². The van der Waals surface area contributed by atoms with E-state index in [-0.39, 0.29) is 29.6 Å². The van der Waals surface area contributed by atoms with E-state index in [1.54, 1.807) is 6.92 Å². The standard InChI is InChI=1S/C2H2F3.Na.H/c1-2(3,4)5;;/h1H2;;. The second kappa shape index (κ2) is 2.88. The molecular formula is C2H3F3Na. The topological polar surface area (TPSA) is 0 Å². The fourth-order valence-electron chi connectivity index (χ4n) is 0. The van der Waals surface area contributed by atoms with Crippen LogP contribution in [-0.2, 0) is 0 Å². The van der Waals surface area contributed by atoms with Crippen molar-refractivity contribution in [1.82, 2.24) is 0 Å². The molecule has 0 N–H and O–H groups in total. The quantitative estimate of drug-likeness (QED) is 0.400. The van der Waals surface area contributed by atoms with E-state index in [0.29, 0.717) is 0 Å². The zero-order valence-electron chi connectivity index (χ0n) is 2.34. The monoisotopic (exact) mass is 107 g/mol. The molecule has 33 valence electrons. The number of rotatable bonds is 0. The van der Waals surface area contributed by atoms with Gasteiger partial charge in [0.25, 0.3) is 0 Å². The van der Waals surface area contributed by atoms with Gasteiger partial charge < -0.3 is 0 Å². The van der Waals surface area contributed by atoms with E-state index >= 15 is 0 Å². The Labute approximate surface area is 56.0 Å². The van der Waals surface area contributed by atoms with E-state index in [9.17, 15) is 13.2 Å². The van der Waals surface area contributed by atoms with Crippen molar-refractivity contribution in [1.29, 1.82) is 0 Å². The van der Waals surface area contributed by atoms with Crippen molar-refractivity contribution in [3.05, 3.63) is 6.92 Å².